The van der Waals surface area contributed by atoms with Gasteiger partial charge in [-0.1, -0.05) is 0 Å². The third-order valence-electron chi connectivity index (χ3n) is 5.56. The zero-order valence-corrected chi connectivity index (χ0v) is 19.3. The van der Waals surface area contributed by atoms with Gasteiger partial charge in [-0.25, -0.2) is 9.97 Å². The first kappa shape index (κ1) is 23.1. The van der Waals surface area contributed by atoms with Gasteiger partial charge >= 0.3 is 6.01 Å². The number of benzene rings is 2. The fourth-order valence-corrected chi connectivity index (χ4v) is 3.78. The monoisotopic (exact) mass is 462 g/mol. The van der Waals surface area contributed by atoms with Crippen LogP contribution in [0, 0.1) is 24.0 Å². The second-order valence-electron chi connectivity index (χ2n) is 8.26. The van der Waals surface area contributed by atoms with E-state index in [4.69, 9.17) is 4.74 Å². The van der Waals surface area contributed by atoms with E-state index < -0.39 is 10.8 Å². The molecule has 4 rings (SSSR count). The Kier molecular flexibility index (Phi) is 6.69. The lowest BCUT2D eigenvalue weighted by Gasteiger charge is -2.33. The molecule has 1 saturated heterocycles. The first-order valence-electron chi connectivity index (χ1n) is 10.9. The molecule has 1 aliphatic rings. The van der Waals surface area contributed by atoms with Crippen LogP contribution in [0.25, 0.3) is 0 Å². The van der Waals surface area contributed by atoms with Crippen molar-refractivity contribution in [1.29, 1.82) is 0 Å². The summed E-state index contributed by atoms with van der Waals surface area (Å²) in [7, 11) is 2.02. The lowest BCUT2D eigenvalue weighted by Crippen LogP contribution is -2.44. The van der Waals surface area contributed by atoms with Crippen molar-refractivity contribution in [2.75, 3.05) is 43.4 Å². The lowest BCUT2D eigenvalue weighted by molar-refractivity contribution is -0.384. The van der Waals surface area contributed by atoms with Crippen molar-refractivity contribution in [3.63, 3.8) is 0 Å². The molecule has 0 unspecified atom stereocenters. The third kappa shape index (κ3) is 5.46. The Balaban J connectivity index is 1.45. The number of hydrogen-bond acceptors (Lipinski definition) is 8. The number of rotatable bonds is 6. The molecule has 3 aromatic rings. The molecule has 34 heavy (non-hydrogen) atoms. The predicted octanol–water partition coefficient (Wildman–Crippen LogP) is 3.80. The van der Waals surface area contributed by atoms with Gasteiger partial charge < -0.3 is 19.9 Å². The number of ether oxygens (including phenoxy) is 1. The largest absolute Gasteiger partial charge is 0.424 e. The van der Waals surface area contributed by atoms with Crippen molar-refractivity contribution in [1.82, 2.24) is 14.9 Å². The number of carbonyl (C=O) groups excluding carboxylic acids is 1. The van der Waals surface area contributed by atoms with Crippen LogP contribution < -0.4 is 15.0 Å². The summed E-state index contributed by atoms with van der Waals surface area (Å²) in [5.74, 6) is 0.0921. The molecule has 10 heteroatoms. The maximum atomic E-state index is 12.8. The van der Waals surface area contributed by atoms with E-state index >= 15 is 0 Å². The molecule has 10 nitrogen and oxygen atoms in total. The van der Waals surface area contributed by atoms with Crippen molar-refractivity contribution in [2.45, 2.75) is 13.8 Å². The normalized spacial score (nSPS) is 14.0. The second-order valence-corrected chi connectivity index (χ2v) is 8.26. The number of aromatic nitrogens is 2. The highest BCUT2D eigenvalue weighted by Gasteiger charge is 2.24. The second kappa shape index (κ2) is 9.84. The van der Waals surface area contributed by atoms with Crippen LogP contribution >= 0.6 is 0 Å². The molecule has 2 heterocycles. The molecular weight excluding hydrogens is 436 g/mol. The Morgan fingerprint density at radius 2 is 1.65 bits per heavy atom. The van der Waals surface area contributed by atoms with Gasteiger partial charge in [0.25, 0.3) is 11.6 Å². The number of nitro groups is 1. The van der Waals surface area contributed by atoms with Crippen LogP contribution in [-0.4, -0.2) is 58.9 Å². The van der Waals surface area contributed by atoms with Crippen molar-refractivity contribution in [3.8, 4) is 11.8 Å². The summed E-state index contributed by atoms with van der Waals surface area (Å²) >= 11 is 0. The quantitative estimate of drug-likeness (QED) is 0.435. The minimum Gasteiger partial charge on any atom is -0.424 e. The standard InChI is InChI=1S/C24H26N6O4/c1-16-14-17(2)26-24(25-16)34-20-7-5-19(6-8-20)27-23(31)18-4-9-21(22(15-18)30(32)33)29-12-10-28(3)11-13-29/h4-9,14-15H,10-13H2,1-3H3,(H,27,31). The van der Waals surface area contributed by atoms with Gasteiger partial charge in [-0.05, 0) is 63.4 Å². The molecule has 2 aromatic carbocycles. The van der Waals surface area contributed by atoms with Gasteiger partial charge in [-0.2, -0.15) is 0 Å². The Morgan fingerprint density at radius 3 is 2.26 bits per heavy atom. The van der Waals surface area contributed by atoms with Crippen molar-refractivity contribution in [3.05, 3.63) is 75.6 Å². The molecule has 0 spiro atoms. The maximum Gasteiger partial charge on any atom is 0.322 e. The van der Waals surface area contributed by atoms with Gasteiger partial charge in [0.1, 0.15) is 11.4 Å². The molecule has 0 bridgehead atoms. The van der Waals surface area contributed by atoms with Crippen LogP contribution in [0.5, 0.6) is 11.8 Å². The number of nitro benzene ring substituents is 1. The molecule has 0 aliphatic carbocycles. The Morgan fingerprint density at radius 1 is 1.00 bits per heavy atom. The zero-order chi connectivity index (χ0) is 24.2. The minimum atomic E-state index is -0.439. The summed E-state index contributed by atoms with van der Waals surface area (Å²) in [5, 5.41) is 14.5. The molecule has 0 saturated carbocycles. The molecule has 1 aliphatic heterocycles. The van der Waals surface area contributed by atoms with E-state index in [2.05, 4.69) is 20.2 Å². The molecule has 1 N–H and O–H groups in total. The molecule has 1 fully saturated rings. The highest BCUT2D eigenvalue weighted by atomic mass is 16.6. The van der Waals surface area contributed by atoms with Crippen LogP contribution in [0.3, 0.4) is 0 Å². The number of anilines is 2. The average molecular weight is 463 g/mol. The highest BCUT2D eigenvalue weighted by Crippen LogP contribution is 2.30. The summed E-state index contributed by atoms with van der Waals surface area (Å²) in [6.45, 7) is 6.78. The molecule has 1 aromatic heterocycles. The zero-order valence-electron chi connectivity index (χ0n) is 19.3. The average Bonchev–Trinajstić information content (AvgIpc) is 2.80. The van der Waals surface area contributed by atoms with Crippen LogP contribution in [0.15, 0.2) is 48.5 Å². The van der Waals surface area contributed by atoms with E-state index in [1.165, 1.54) is 6.07 Å². The van der Waals surface area contributed by atoms with Gasteiger partial charge in [0.05, 0.1) is 4.92 Å². The van der Waals surface area contributed by atoms with Crippen molar-refractivity contribution in [2.24, 2.45) is 0 Å². The van der Waals surface area contributed by atoms with Crippen LogP contribution in [0.1, 0.15) is 21.7 Å². The molecular formula is C24H26N6O4. The summed E-state index contributed by atoms with van der Waals surface area (Å²) in [5.41, 5.74) is 2.82. The first-order chi connectivity index (χ1) is 16.3. The highest BCUT2D eigenvalue weighted by molar-refractivity contribution is 6.05. The van der Waals surface area contributed by atoms with E-state index in [1.54, 1.807) is 36.4 Å². The maximum absolute atomic E-state index is 12.8. The number of nitrogens with one attached hydrogen (secondary N) is 1. The smallest absolute Gasteiger partial charge is 0.322 e. The summed E-state index contributed by atoms with van der Waals surface area (Å²) < 4.78 is 5.69. The molecule has 1 amide bonds. The number of piperazine rings is 1. The predicted molar refractivity (Wildman–Crippen MR) is 129 cm³/mol. The first-order valence-corrected chi connectivity index (χ1v) is 10.9. The van der Waals surface area contributed by atoms with Gasteiger partial charge in [-0.3, -0.25) is 14.9 Å². The topological polar surface area (TPSA) is 114 Å². The number of carbonyl (C=O) groups is 1. The number of nitrogens with zero attached hydrogens (tertiary/aromatic N) is 5. The van der Waals surface area contributed by atoms with E-state index in [9.17, 15) is 14.9 Å². The van der Waals surface area contributed by atoms with Gasteiger partial charge in [0, 0.05) is 54.9 Å². The van der Waals surface area contributed by atoms with Crippen LogP contribution in [0.4, 0.5) is 17.1 Å². The SMILES string of the molecule is Cc1cc(C)nc(Oc2ccc(NC(=O)c3ccc(N4CCN(C)CC4)c([N+](=O)[O-])c3)cc2)n1. The third-order valence-corrected chi connectivity index (χ3v) is 5.56. The van der Waals surface area contributed by atoms with Crippen molar-refractivity contribution < 1.29 is 14.5 Å². The Hall–Kier alpha value is -4.05. The Bertz CT molecular complexity index is 1190. The van der Waals surface area contributed by atoms with E-state index in [0.29, 0.717) is 30.2 Å². The lowest BCUT2D eigenvalue weighted by atomic mass is 10.1. The van der Waals surface area contributed by atoms with E-state index in [0.717, 1.165) is 24.5 Å². The van der Waals surface area contributed by atoms with Crippen LogP contribution in [-0.2, 0) is 0 Å². The minimum absolute atomic E-state index is 0.0746. The summed E-state index contributed by atoms with van der Waals surface area (Å²) in [6.07, 6.45) is 0. The molecule has 0 atom stereocenters. The molecule has 176 valence electrons. The number of aryl methyl sites for hydroxylation is 2. The van der Waals surface area contributed by atoms with E-state index in [-0.39, 0.29) is 17.3 Å². The Labute approximate surface area is 197 Å². The van der Waals surface area contributed by atoms with E-state index in [1.807, 2.05) is 31.9 Å². The van der Waals surface area contributed by atoms with Crippen molar-refractivity contribution >= 4 is 23.0 Å². The van der Waals surface area contributed by atoms with Crippen LogP contribution in [0.2, 0.25) is 0 Å². The summed E-state index contributed by atoms with van der Waals surface area (Å²) in [6, 6.07) is 13.5. The van der Waals surface area contributed by atoms with Gasteiger partial charge in [0.15, 0.2) is 0 Å². The fourth-order valence-electron chi connectivity index (χ4n) is 3.78. The number of hydrogen-bond donors (Lipinski definition) is 1. The fraction of sp³-hybridized carbons (Fsp3) is 0.292. The van der Waals surface area contributed by atoms with Gasteiger partial charge in [0.2, 0.25) is 0 Å². The summed E-state index contributed by atoms with van der Waals surface area (Å²) in [4.78, 5) is 36.7. The number of likely N-dealkylation sites (N-methyl/N-ethyl adjacent to an activating group) is 1. The number of amides is 1. The van der Waals surface area contributed by atoms with Gasteiger partial charge in [-0.15, -0.1) is 0 Å². The molecule has 0 radical (unpaired) electrons.